The Bertz CT molecular complexity index is 1510. The Kier molecular flexibility index (Phi) is 7.57. The standard InChI is InChI=1S/C27H32N6O5/c1-16-19-13-23(36-2)24(37-3)14-22(19)30-26(28-16)32-27-29-21-8-7-18(12-20(21)25(35)31-27)38-11-10-33-9-5-4-6-17(33)15-34/h7-8,12-14,17,34H,4-6,9-11,15H2,1-3H3,(H2,28,29,30,31,32,35). The number of aliphatic hydroxyl groups excluding tert-OH is 1. The summed E-state index contributed by atoms with van der Waals surface area (Å²) in [6.07, 6.45) is 3.30. The van der Waals surface area contributed by atoms with Crippen LogP contribution in [0.15, 0.2) is 35.1 Å². The summed E-state index contributed by atoms with van der Waals surface area (Å²) < 4.78 is 16.7. The number of nitrogens with zero attached hydrogens (tertiary/aromatic N) is 4. The maximum absolute atomic E-state index is 12.9. The highest BCUT2D eigenvalue weighted by molar-refractivity contribution is 5.86. The molecule has 0 aliphatic carbocycles. The van der Waals surface area contributed by atoms with E-state index in [2.05, 4.69) is 30.2 Å². The van der Waals surface area contributed by atoms with Crippen molar-refractivity contribution in [2.75, 3.05) is 45.8 Å². The predicted molar refractivity (Wildman–Crippen MR) is 145 cm³/mol. The number of methoxy groups -OCH3 is 2. The van der Waals surface area contributed by atoms with Gasteiger partial charge in [0.15, 0.2) is 11.5 Å². The predicted octanol–water partition coefficient (Wildman–Crippen LogP) is 3.16. The van der Waals surface area contributed by atoms with Crippen LogP contribution in [0.4, 0.5) is 11.9 Å². The molecule has 1 saturated heterocycles. The topological polar surface area (TPSA) is 135 Å². The zero-order chi connectivity index (χ0) is 26.6. The number of hydrogen-bond donors (Lipinski definition) is 3. The number of rotatable bonds is 9. The lowest BCUT2D eigenvalue weighted by Gasteiger charge is -2.34. The van der Waals surface area contributed by atoms with E-state index in [-0.39, 0.29) is 24.2 Å². The number of aromatic nitrogens is 4. The second-order valence-corrected chi connectivity index (χ2v) is 9.29. The summed E-state index contributed by atoms with van der Waals surface area (Å²) in [6, 6.07) is 9.06. The van der Waals surface area contributed by atoms with Crippen molar-refractivity contribution in [2.45, 2.75) is 32.2 Å². The summed E-state index contributed by atoms with van der Waals surface area (Å²) in [6.45, 7) is 4.20. The first-order chi connectivity index (χ1) is 18.5. The smallest absolute Gasteiger partial charge is 0.260 e. The van der Waals surface area contributed by atoms with Gasteiger partial charge in [-0.25, -0.2) is 15.0 Å². The third kappa shape index (κ3) is 5.34. The van der Waals surface area contributed by atoms with Crippen molar-refractivity contribution >= 4 is 33.7 Å². The van der Waals surface area contributed by atoms with Crippen LogP contribution >= 0.6 is 0 Å². The number of hydrogen-bond acceptors (Lipinski definition) is 10. The maximum Gasteiger partial charge on any atom is 0.260 e. The lowest BCUT2D eigenvalue weighted by molar-refractivity contribution is 0.0773. The van der Waals surface area contributed by atoms with Gasteiger partial charge < -0.3 is 19.3 Å². The average Bonchev–Trinajstić information content (AvgIpc) is 2.93. The molecule has 1 aliphatic rings. The SMILES string of the molecule is COc1cc2nc(Nc3nc4ccc(OCCN5CCCCC5CO)cc4c(=O)[nH]3)nc(C)c2cc1OC. The van der Waals surface area contributed by atoms with Crippen LogP contribution in [-0.4, -0.2) is 76.5 Å². The van der Waals surface area contributed by atoms with Gasteiger partial charge >= 0.3 is 0 Å². The van der Waals surface area contributed by atoms with Gasteiger partial charge in [-0.1, -0.05) is 6.42 Å². The van der Waals surface area contributed by atoms with Crippen LogP contribution in [0.3, 0.4) is 0 Å². The number of aromatic amines is 1. The first kappa shape index (κ1) is 25.7. The highest BCUT2D eigenvalue weighted by Gasteiger charge is 2.21. The number of benzene rings is 2. The summed E-state index contributed by atoms with van der Waals surface area (Å²) in [7, 11) is 3.15. The molecule has 5 rings (SSSR count). The number of nitrogens with one attached hydrogen (secondary N) is 2. The molecule has 1 aliphatic heterocycles. The molecule has 4 aromatic rings. The minimum Gasteiger partial charge on any atom is -0.493 e. The minimum absolute atomic E-state index is 0.167. The van der Waals surface area contributed by atoms with E-state index in [1.54, 1.807) is 38.5 Å². The van der Waals surface area contributed by atoms with E-state index in [0.29, 0.717) is 46.2 Å². The van der Waals surface area contributed by atoms with Gasteiger partial charge in [-0.15, -0.1) is 0 Å². The van der Waals surface area contributed by atoms with E-state index in [4.69, 9.17) is 14.2 Å². The second-order valence-electron chi connectivity index (χ2n) is 9.29. The third-order valence-corrected chi connectivity index (χ3v) is 6.91. The van der Waals surface area contributed by atoms with Crippen LogP contribution in [-0.2, 0) is 0 Å². The molecule has 1 fully saturated rings. The third-order valence-electron chi connectivity index (χ3n) is 6.91. The molecule has 38 heavy (non-hydrogen) atoms. The zero-order valence-corrected chi connectivity index (χ0v) is 21.8. The Morgan fingerprint density at radius 3 is 2.66 bits per heavy atom. The van der Waals surface area contributed by atoms with Crippen molar-refractivity contribution in [2.24, 2.45) is 0 Å². The summed E-state index contributed by atoms with van der Waals surface area (Å²) in [4.78, 5) is 31.5. The minimum atomic E-state index is -0.303. The van der Waals surface area contributed by atoms with Gasteiger partial charge in [0.05, 0.1) is 42.9 Å². The van der Waals surface area contributed by atoms with Gasteiger partial charge in [0.2, 0.25) is 11.9 Å². The second kappa shape index (κ2) is 11.2. The van der Waals surface area contributed by atoms with Gasteiger partial charge in [0.25, 0.3) is 5.56 Å². The molecule has 0 bridgehead atoms. The number of anilines is 2. The number of ether oxygens (including phenoxy) is 3. The average molecular weight is 521 g/mol. The highest BCUT2D eigenvalue weighted by Crippen LogP contribution is 2.33. The Labute approximate surface area is 219 Å². The van der Waals surface area contributed by atoms with Crippen molar-refractivity contribution in [3.63, 3.8) is 0 Å². The number of fused-ring (bicyclic) bond motifs is 2. The van der Waals surface area contributed by atoms with Crippen LogP contribution in [0.2, 0.25) is 0 Å². The van der Waals surface area contributed by atoms with Crippen LogP contribution in [0, 0.1) is 6.92 Å². The van der Waals surface area contributed by atoms with E-state index in [1.165, 1.54) is 0 Å². The highest BCUT2D eigenvalue weighted by atomic mass is 16.5. The van der Waals surface area contributed by atoms with Crippen molar-refractivity contribution in [1.82, 2.24) is 24.8 Å². The van der Waals surface area contributed by atoms with Gasteiger partial charge in [-0.3, -0.25) is 20.0 Å². The molecule has 0 spiro atoms. The lowest BCUT2D eigenvalue weighted by Crippen LogP contribution is -2.43. The van der Waals surface area contributed by atoms with E-state index in [1.807, 2.05) is 13.0 Å². The molecule has 1 atom stereocenters. The molecule has 11 heteroatoms. The van der Waals surface area contributed by atoms with Crippen LogP contribution in [0.25, 0.3) is 21.8 Å². The molecular formula is C27H32N6O5. The van der Waals surface area contributed by atoms with Crippen molar-refractivity contribution in [3.8, 4) is 17.2 Å². The van der Waals surface area contributed by atoms with Gasteiger partial charge in [-0.2, -0.15) is 0 Å². The fraction of sp³-hybridized carbons (Fsp3) is 0.407. The van der Waals surface area contributed by atoms with Crippen molar-refractivity contribution in [1.29, 1.82) is 0 Å². The number of aliphatic hydroxyl groups is 1. The lowest BCUT2D eigenvalue weighted by atomic mass is 10.0. The number of aryl methyl sites for hydroxylation is 1. The molecule has 2 aromatic heterocycles. The van der Waals surface area contributed by atoms with Gasteiger partial charge in [-0.05, 0) is 50.6 Å². The molecule has 0 saturated carbocycles. The molecular weight excluding hydrogens is 488 g/mol. The van der Waals surface area contributed by atoms with E-state index in [9.17, 15) is 9.90 Å². The Balaban J connectivity index is 1.32. The fourth-order valence-corrected chi connectivity index (χ4v) is 4.88. The normalized spacial score (nSPS) is 16.1. The van der Waals surface area contributed by atoms with Crippen LogP contribution < -0.4 is 25.1 Å². The molecule has 200 valence electrons. The zero-order valence-electron chi connectivity index (χ0n) is 21.8. The molecule has 0 radical (unpaired) electrons. The number of piperidine rings is 1. The molecule has 1 unspecified atom stereocenters. The largest absolute Gasteiger partial charge is 0.493 e. The first-order valence-electron chi connectivity index (χ1n) is 12.7. The summed E-state index contributed by atoms with van der Waals surface area (Å²) in [5.74, 6) is 2.28. The van der Waals surface area contributed by atoms with Crippen LogP contribution in [0.5, 0.6) is 17.2 Å². The molecule has 3 heterocycles. The molecule has 0 amide bonds. The van der Waals surface area contributed by atoms with E-state index in [0.717, 1.165) is 43.4 Å². The molecule has 2 aromatic carbocycles. The summed E-state index contributed by atoms with van der Waals surface area (Å²) in [5.41, 5.74) is 1.61. The van der Waals surface area contributed by atoms with Crippen molar-refractivity contribution in [3.05, 3.63) is 46.4 Å². The summed E-state index contributed by atoms with van der Waals surface area (Å²) in [5, 5.41) is 13.9. The van der Waals surface area contributed by atoms with Gasteiger partial charge in [0, 0.05) is 24.0 Å². The fourth-order valence-electron chi connectivity index (χ4n) is 4.88. The van der Waals surface area contributed by atoms with Crippen LogP contribution in [0.1, 0.15) is 25.0 Å². The van der Waals surface area contributed by atoms with Crippen molar-refractivity contribution < 1.29 is 19.3 Å². The number of H-pyrrole nitrogens is 1. The Morgan fingerprint density at radius 1 is 1.05 bits per heavy atom. The molecule has 3 N–H and O–H groups in total. The maximum atomic E-state index is 12.9. The quantitative estimate of drug-likeness (QED) is 0.302. The molecule has 11 nitrogen and oxygen atoms in total. The van der Waals surface area contributed by atoms with E-state index < -0.39 is 0 Å². The van der Waals surface area contributed by atoms with Gasteiger partial charge in [0.1, 0.15) is 12.4 Å². The Morgan fingerprint density at radius 2 is 1.87 bits per heavy atom. The Hall–Kier alpha value is -3.96. The number of likely N-dealkylation sites (tertiary alicyclic amines) is 1. The first-order valence-corrected chi connectivity index (χ1v) is 12.7. The monoisotopic (exact) mass is 520 g/mol. The van der Waals surface area contributed by atoms with E-state index >= 15 is 0 Å². The summed E-state index contributed by atoms with van der Waals surface area (Å²) >= 11 is 0.